The monoisotopic (exact) mass is 228 g/mol. The molecule has 0 saturated carbocycles. The molecule has 1 heterocycles. The summed E-state index contributed by atoms with van der Waals surface area (Å²) < 4.78 is 4.64. The van der Waals surface area contributed by atoms with Crippen LogP contribution in [0.5, 0.6) is 0 Å². The molecule has 4 heteroatoms. The first-order valence-electron chi connectivity index (χ1n) is 6.10. The van der Waals surface area contributed by atoms with Gasteiger partial charge in [0.05, 0.1) is 13.5 Å². The van der Waals surface area contributed by atoms with E-state index < -0.39 is 0 Å². The van der Waals surface area contributed by atoms with Crippen molar-refractivity contribution in [1.29, 1.82) is 0 Å². The van der Waals surface area contributed by atoms with Crippen molar-refractivity contribution in [2.24, 2.45) is 5.92 Å². The van der Waals surface area contributed by atoms with E-state index in [1.807, 2.05) is 6.92 Å². The summed E-state index contributed by atoms with van der Waals surface area (Å²) in [5.74, 6) is 0.583. The largest absolute Gasteiger partial charge is 0.469 e. The number of nitrogens with one attached hydrogen (secondary N) is 1. The molecule has 1 aliphatic rings. The number of rotatable bonds is 5. The highest BCUT2D eigenvalue weighted by Gasteiger charge is 2.18. The molecule has 1 rings (SSSR count). The van der Waals surface area contributed by atoms with E-state index in [0.717, 1.165) is 19.0 Å². The molecule has 0 bridgehead atoms. The molecule has 1 saturated heterocycles. The van der Waals surface area contributed by atoms with Crippen LogP contribution in [-0.4, -0.2) is 50.7 Å². The van der Waals surface area contributed by atoms with Crippen LogP contribution in [0.4, 0.5) is 0 Å². The second-order valence-corrected chi connectivity index (χ2v) is 4.86. The van der Waals surface area contributed by atoms with Crippen molar-refractivity contribution >= 4 is 5.97 Å². The summed E-state index contributed by atoms with van der Waals surface area (Å²) in [5.41, 5.74) is 0. The predicted molar refractivity (Wildman–Crippen MR) is 64.3 cm³/mol. The van der Waals surface area contributed by atoms with E-state index in [1.54, 1.807) is 0 Å². The zero-order valence-electron chi connectivity index (χ0n) is 10.7. The quantitative estimate of drug-likeness (QED) is 0.709. The van der Waals surface area contributed by atoms with E-state index in [-0.39, 0.29) is 12.0 Å². The lowest BCUT2D eigenvalue weighted by molar-refractivity contribution is -0.141. The molecule has 1 N–H and O–H groups in total. The Hall–Kier alpha value is -0.610. The van der Waals surface area contributed by atoms with Crippen LogP contribution in [0.3, 0.4) is 0 Å². The lowest BCUT2D eigenvalue weighted by Gasteiger charge is -2.30. The Bertz CT molecular complexity index is 221. The smallest absolute Gasteiger partial charge is 0.307 e. The molecule has 0 spiro atoms. The molecule has 16 heavy (non-hydrogen) atoms. The minimum atomic E-state index is -0.138. The van der Waals surface area contributed by atoms with Crippen LogP contribution >= 0.6 is 0 Å². The van der Waals surface area contributed by atoms with Crippen LogP contribution < -0.4 is 5.32 Å². The molecule has 0 aromatic carbocycles. The van der Waals surface area contributed by atoms with Gasteiger partial charge in [0.1, 0.15) is 0 Å². The van der Waals surface area contributed by atoms with Gasteiger partial charge in [0.25, 0.3) is 0 Å². The van der Waals surface area contributed by atoms with Crippen LogP contribution in [0.1, 0.15) is 26.2 Å². The molecule has 4 nitrogen and oxygen atoms in total. The third-order valence-electron chi connectivity index (χ3n) is 3.18. The van der Waals surface area contributed by atoms with Crippen LogP contribution in [0.15, 0.2) is 0 Å². The second kappa shape index (κ2) is 6.86. The minimum Gasteiger partial charge on any atom is -0.469 e. The molecule has 1 aliphatic heterocycles. The van der Waals surface area contributed by atoms with Crippen molar-refractivity contribution in [3.8, 4) is 0 Å². The number of carbonyl (C=O) groups excluding carboxylic acids is 1. The van der Waals surface area contributed by atoms with Crippen LogP contribution in [0.25, 0.3) is 0 Å². The number of likely N-dealkylation sites (tertiary alicyclic amines) is 1. The van der Waals surface area contributed by atoms with E-state index in [2.05, 4.69) is 22.0 Å². The summed E-state index contributed by atoms with van der Waals surface area (Å²) in [7, 11) is 3.61. The zero-order chi connectivity index (χ0) is 12.0. The van der Waals surface area contributed by atoms with Gasteiger partial charge in [0.2, 0.25) is 0 Å². The van der Waals surface area contributed by atoms with Gasteiger partial charge >= 0.3 is 5.97 Å². The van der Waals surface area contributed by atoms with Gasteiger partial charge in [-0.1, -0.05) is 0 Å². The Morgan fingerprint density at radius 1 is 1.62 bits per heavy atom. The average Bonchev–Trinajstić information content (AvgIpc) is 2.26. The zero-order valence-corrected chi connectivity index (χ0v) is 10.7. The topological polar surface area (TPSA) is 41.6 Å². The number of piperidine rings is 1. The lowest BCUT2D eigenvalue weighted by atomic mass is 9.98. The van der Waals surface area contributed by atoms with Crippen LogP contribution in [0, 0.1) is 5.92 Å². The fraction of sp³-hybridized carbons (Fsp3) is 0.917. The highest BCUT2D eigenvalue weighted by Crippen LogP contribution is 2.14. The van der Waals surface area contributed by atoms with E-state index in [1.165, 1.54) is 26.5 Å². The SMILES string of the molecule is COC(=O)CC(C)NCC1CCCN(C)C1. The minimum absolute atomic E-state index is 0.138. The summed E-state index contributed by atoms with van der Waals surface area (Å²) in [6, 6.07) is 0.208. The van der Waals surface area contributed by atoms with E-state index >= 15 is 0 Å². The molecule has 2 atom stereocenters. The van der Waals surface area contributed by atoms with Crippen molar-refractivity contribution in [3.63, 3.8) is 0 Å². The molecular weight excluding hydrogens is 204 g/mol. The Morgan fingerprint density at radius 2 is 2.38 bits per heavy atom. The van der Waals surface area contributed by atoms with Gasteiger partial charge in [0.15, 0.2) is 0 Å². The second-order valence-electron chi connectivity index (χ2n) is 4.86. The number of ether oxygens (including phenoxy) is 1. The first-order valence-corrected chi connectivity index (χ1v) is 6.10. The Balaban J connectivity index is 2.15. The molecule has 0 amide bonds. The van der Waals surface area contributed by atoms with Crippen LogP contribution in [0.2, 0.25) is 0 Å². The number of hydrogen-bond donors (Lipinski definition) is 1. The van der Waals surface area contributed by atoms with Gasteiger partial charge in [-0.25, -0.2) is 0 Å². The highest BCUT2D eigenvalue weighted by atomic mass is 16.5. The van der Waals surface area contributed by atoms with E-state index in [9.17, 15) is 4.79 Å². The van der Waals surface area contributed by atoms with Crippen molar-refractivity contribution in [1.82, 2.24) is 10.2 Å². The van der Waals surface area contributed by atoms with Gasteiger partial charge in [-0.05, 0) is 45.8 Å². The van der Waals surface area contributed by atoms with Crippen molar-refractivity contribution in [2.45, 2.75) is 32.2 Å². The van der Waals surface area contributed by atoms with Crippen molar-refractivity contribution < 1.29 is 9.53 Å². The fourth-order valence-corrected chi connectivity index (χ4v) is 2.21. The van der Waals surface area contributed by atoms with Crippen LogP contribution in [-0.2, 0) is 9.53 Å². The Labute approximate surface area is 98.3 Å². The van der Waals surface area contributed by atoms with Gasteiger partial charge in [0, 0.05) is 12.6 Å². The van der Waals surface area contributed by atoms with Gasteiger partial charge in [-0.15, -0.1) is 0 Å². The maximum Gasteiger partial charge on any atom is 0.307 e. The molecule has 0 aromatic heterocycles. The number of hydrogen-bond acceptors (Lipinski definition) is 4. The number of carbonyl (C=O) groups is 1. The molecule has 94 valence electrons. The van der Waals surface area contributed by atoms with E-state index in [0.29, 0.717) is 6.42 Å². The Morgan fingerprint density at radius 3 is 3.00 bits per heavy atom. The van der Waals surface area contributed by atoms with Gasteiger partial charge in [-0.3, -0.25) is 4.79 Å². The fourth-order valence-electron chi connectivity index (χ4n) is 2.21. The van der Waals surface area contributed by atoms with E-state index in [4.69, 9.17) is 0 Å². The van der Waals surface area contributed by atoms with Crippen molar-refractivity contribution in [3.05, 3.63) is 0 Å². The molecular formula is C12H24N2O2. The molecule has 2 unspecified atom stereocenters. The number of methoxy groups -OCH3 is 1. The summed E-state index contributed by atoms with van der Waals surface area (Å²) in [4.78, 5) is 13.4. The van der Waals surface area contributed by atoms with Gasteiger partial charge in [-0.2, -0.15) is 0 Å². The normalized spacial score (nSPS) is 24.1. The summed E-state index contributed by atoms with van der Waals surface area (Å²) in [5, 5.41) is 3.41. The lowest BCUT2D eigenvalue weighted by Crippen LogP contribution is -2.40. The third kappa shape index (κ3) is 4.94. The molecule has 0 aliphatic carbocycles. The summed E-state index contributed by atoms with van der Waals surface area (Å²) in [6.07, 6.45) is 3.04. The maximum atomic E-state index is 11.1. The van der Waals surface area contributed by atoms with Crippen molar-refractivity contribution in [2.75, 3.05) is 33.8 Å². The summed E-state index contributed by atoms with van der Waals surface area (Å²) in [6.45, 7) is 5.41. The standard InChI is InChI=1S/C12H24N2O2/c1-10(7-12(15)16-3)13-8-11-5-4-6-14(2)9-11/h10-11,13H,4-9H2,1-3H3. The average molecular weight is 228 g/mol. The first-order chi connectivity index (χ1) is 7.61. The number of esters is 1. The molecule has 0 aromatic rings. The first kappa shape index (κ1) is 13.5. The third-order valence-corrected chi connectivity index (χ3v) is 3.18. The molecule has 1 fully saturated rings. The Kier molecular flexibility index (Phi) is 5.77. The predicted octanol–water partition coefficient (Wildman–Crippen LogP) is 0.869. The summed E-state index contributed by atoms with van der Waals surface area (Å²) >= 11 is 0. The molecule has 0 radical (unpaired) electrons. The number of nitrogens with zero attached hydrogens (tertiary/aromatic N) is 1. The highest BCUT2D eigenvalue weighted by molar-refractivity contribution is 5.69. The van der Waals surface area contributed by atoms with Gasteiger partial charge < -0.3 is 15.0 Å². The maximum absolute atomic E-state index is 11.1.